The molecule has 2 aromatic heterocycles. The van der Waals surface area contributed by atoms with E-state index < -0.39 is 56.3 Å². The molecule has 1 amide bonds. The van der Waals surface area contributed by atoms with Crippen LogP contribution in [0.5, 0.6) is 11.8 Å². The van der Waals surface area contributed by atoms with Gasteiger partial charge in [-0.25, -0.2) is 12.8 Å². The van der Waals surface area contributed by atoms with Crippen molar-refractivity contribution in [3.05, 3.63) is 58.7 Å². The van der Waals surface area contributed by atoms with E-state index in [4.69, 9.17) is 4.74 Å². The summed E-state index contributed by atoms with van der Waals surface area (Å²) in [5, 5.41) is 16.2. The molecular weight excluding hydrogens is 494 g/mol. The van der Waals surface area contributed by atoms with Gasteiger partial charge in [0.1, 0.15) is 5.56 Å². The molecule has 0 unspecified atom stereocenters. The van der Waals surface area contributed by atoms with E-state index in [1.165, 1.54) is 18.2 Å². The molecule has 2 heterocycles. The summed E-state index contributed by atoms with van der Waals surface area (Å²) < 4.78 is 83.6. The molecule has 0 atom stereocenters. The van der Waals surface area contributed by atoms with Crippen LogP contribution >= 0.6 is 0 Å². The predicted molar refractivity (Wildman–Crippen MR) is 113 cm³/mol. The summed E-state index contributed by atoms with van der Waals surface area (Å²) in [6.45, 7) is 0.977. The minimum atomic E-state index is -4.95. The van der Waals surface area contributed by atoms with Crippen molar-refractivity contribution >= 4 is 21.4 Å². The van der Waals surface area contributed by atoms with Crippen LogP contribution in [0.4, 0.5) is 23.2 Å². The molecule has 184 valence electrons. The number of halogens is 4. The molecule has 9 nitrogen and oxygen atoms in total. The second-order valence-electron chi connectivity index (χ2n) is 7.90. The molecule has 1 saturated carbocycles. The molecule has 1 N–H and O–H groups in total. The SMILES string of the molecule is Cc1c(C(F)(F)F)nnc(Oc2nnc(C3CC3)cc2F)c1C(=O)Nc1cccc(S(C)(=O)=O)c1. The van der Waals surface area contributed by atoms with Gasteiger partial charge in [0.05, 0.1) is 10.6 Å². The highest BCUT2D eigenvalue weighted by Crippen LogP contribution is 2.40. The van der Waals surface area contributed by atoms with Gasteiger partial charge in [0, 0.05) is 23.9 Å². The van der Waals surface area contributed by atoms with Gasteiger partial charge in [0.15, 0.2) is 21.3 Å². The van der Waals surface area contributed by atoms with Crippen molar-refractivity contribution in [1.29, 1.82) is 0 Å². The summed E-state index contributed by atoms with van der Waals surface area (Å²) in [5.41, 5.74) is -2.39. The predicted octanol–water partition coefficient (Wildman–Crippen LogP) is 4.06. The number of sulfone groups is 1. The number of rotatable bonds is 6. The minimum Gasteiger partial charge on any atom is -0.414 e. The van der Waals surface area contributed by atoms with Gasteiger partial charge < -0.3 is 10.1 Å². The maximum absolute atomic E-state index is 14.5. The molecule has 14 heteroatoms. The lowest BCUT2D eigenvalue weighted by Crippen LogP contribution is -2.21. The van der Waals surface area contributed by atoms with E-state index in [-0.39, 0.29) is 16.5 Å². The number of benzene rings is 1. The first kappa shape index (κ1) is 24.4. The van der Waals surface area contributed by atoms with Crippen LogP contribution in [0.2, 0.25) is 0 Å². The van der Waals surface area contributed by atoms with E-state index in [0.29, 0.717) is 5.69 Å². The molecule has 0 bridgehead atoms. The number of alkyl halides is 3. The zero-order valence-corrected chi connectivity index (χ0v) is 19.0. The lowest BCUT2D eigenvalue weighted by molar-refractivity contribution is -0.142. The van der Waals surface area contributed by atoms with E-state index in [1.54, 1.807) is 0 Å². The number of nitrogens with zero attached hydrogens (tertiary/aromatic N) is 4. The van der Waals surface area contributed by atoms with Gasteiger partial charge in [0.2, 0.25) is 0 Å². The Kier molecular flexibility index (Phi) is 6.17. The van der Waals surface area contributed by atoms with Crippen molar-refractivity contribution in [2.75, 3.05) is 11.6 Å². The molecule has 1 aliphatic carbocycles. The van der Waals surface area contributed by atoms with E-state index in [1.807, 2.05) is 0 Å². The standard InChI is InChI=1S/C21H17F4N5O4S/c1-10-16(18(31)26-12-4-3-5-13(8-12)35(2,32)33)20(30-28-17(10)21(23,24)25)34-19-14(22)9-15(27-29-19)11-6-7-11/h3-5,8-9,11H,6-7H2,1-2H3,(H,26,31). The van der Waals surface area contributed by atoms with Gasteiger partial charge in [-0.3, -0.25) is 4.79 Å². The van der Waals surface area contributed by atoms with Crippen LogP contribution < -0.4 is 10.1 Å². The summed E-state index contributed by atoms with van der Waals surface area (Å²) in [5.74, 6) is -3.40. The van der Waals surface area contributed by atoms with E-state index >= 15 is 0 Å². The van der Waals surface area contributed by atoms with Crippen molar-refractivity contribution in [3.8, 4) is 11.8 Å². The quantitative estimate of drug-likeness (QED) is 0.492. The molecule has 0 saturated heterocycles. The van der Waals surface area contributed by atoms with E-state index in [9.17, 15) is 30.8 Å². The zero-order valence-electron chi connectivity index (χ0n) is 18.2. The molecule has 0 aliphatic heterocycles. The van der Waals surface area contributed by atoms with Crippen molar-refractivity contribution in [2.45, 2.75) is 36.8 Å². The average molecular weight is 511 g/mol. The number of carbonyl (C=O) groups is 1. The van der Waals surface area contributed by atoms with Crippen LogP contribution in [-0.4, -0.2) is 41.0 Å². The largest absolute Gasteiger partial charge is 0.435 e. The van der Waals surface area contributed by atoms with Gasteiger partial charge in [-0.1, -0.05) is 6.07 Å². The Morgan fingerprint density at radius 3 is 2.37 bits per heavy atom. The van der Waals surface area contributed by atoms with E-state index in [2.05, 4.69) is 25.7 Å². The molecule has 3 aromatic rings. The Morgan fingerprint density at radius 2 is 1.77 bits per heavy atom. The minimum absolute atomic E-state index is 0.0200. The summed E-state index contributed by atoms with van der Waals surface area (Å²) in [4.78, 5) is 12.9. The summed E-state index contributed by atoms with van der Waals surface area (Å²) >= 11 is 0. The van der Waals surface area contributed by atoms with Gasteiger partial charge in [0.25, 0.3) is 17.7 Å². The number of nitrogens with one attached hydrogen (secondary N) is 1. The highest BCUT2D eigenvalue weighted by molar-refractivity contribution is 7.90. The molecule has 35 heavy (non-hydrogen) atoms. The number of hydrogen-bond acceptors (Lipinski definition) is 8. The van der Waals surface area contributed by atoms with Crippen LogP contribution in [0, 0.1) is 12.7 Å². The lowest BCUT2D eigenvalue weighted by Gasteiger charge is -2.16. The highest BCUT2D eigenvalue weighted by Gasteiger charge is 2.38. The number of anilines is 1. The van der Waals surface area contributed by atoms with Crippen LogP contribution in [0.3, 0.4) is 0 Å². The van der Waals surface area contributed by atoms with Crippen LogP contribution in [-0.2, 0) is 16.0 Å². The Labute approximate surface area is 196 Å². The topological polar surface area (TPSA) is 124 Å². The zero-order chi connectivity index (χ0) is 25.5. The molecule has 1 fully saturated rings. The number of amides is 1. The second-order valence-corrected chi connectivity index (χ2v) is 9.92. The molecule has 1 aromatic carbocycles. The smallest absolute Gasteiger partial charge is 0.414 e. The van der Waals surface area contributed by atoms with Gasteiger partial charge >= 0.3 is 6.18 Å². The molecule has 4 rings (SSSR count). The molecule has 0 radical (unpaired) electrons. The number of aromatic nitrogens is 4. The lowest BCUT2D eigenvalue weighted by atomic mass is 10.1. The average Bonchev–Trinajstić information content (AvgIpc) is 3.59. The molecule has 0 spiro atoms. The van der Waals surface area contributed by atoms with E-state index in [0.717, 1.165) is 38.2 Å². The summed E-state index contributed by atoms with van der Waals surface area (Å²) in [6.07, 6.45) is -2.32. The van der Waals surface area contributed by atoms with Gasteiger partial charge in [-0.15, -0.1) is 15.3 Å². The van der Waals surface area contributed by atoms with Crippen LogP contribution in [0.25, 0.3) is 0 Å². The Hall–Kier alpha value is -3.68. The van der Waals surface area contributed by atoms with Crippen LogP contribution in [0.15, 0.2) is 35.2 Å². The molecule has 1 aliphatic rings. The van der Waals surface area contributed by atoms with Gasteiger partial charge in [-0.2, -0.15) is 18.3 Å². The number of carbonyl (C=O) groups excluding carboxylic acids is 1. The maximum atomic E-state index is 14.5. The van der Waals surface area contributed by atoms with Gasteiger partial charge in [-0.05, 0) is 43.5 Å². The fraction of sp³-hybridized carbons (Fsp3) is 0.286. The third kappa shape index (κ3) is 5.37. The monoisotopic (exact) mass is 511 g/mol. The Morgan fingerprint density at radius 1 is 1.09 bits per heavy atom. The van der Waals surface area contributed by atoms with Crippen LogP contribution in [0.1, 0.15) is 46.1 Å². The summed E-state index contributed by atoms with van der Waals surface area (Å²) in [7, 11) is -3.62. The Bertz CT molecular complexity index is 1430. The van der Waals surface area contributed by atoms with Crippen molar-refractivity contribution < 1.29 is 35.5 Å². The number of hydrogen-bond donors (Lipinski definition) is 1. The van der Waals surface area contributed by atoms with Crippen molar-refractivity contribution in [2.24, 2.45) is 0 Å². The van der Waals surface area contributed by atoms with Crippen molar-refractivity contribution in [3.63, 3.8) is 0 Å². The fourth-order valence-corrected chi connectivity index (χ4v) is 3.88. The maximum Gasteiger partial charge on any atom is 0.435 e. The second kappa shape index (κ2) is 8.83. The fourth-order valence-electron chi connectivity index (χ4n) is 3.22. The first-order valence-corrected chi connectivity index (χ1v) is 12.0. The van der Waals surface area contributed by atoms with Crippen molar-refractivity contribution in [1.82, 2.24) is 20.4 Å². The number of ether oxygens (including phenoxy) is 1. The third-order valence-electron chi connectivity index (χ3n) is 5.12. The molecular formula is C21H17F4N5O4S. The summed E-state index contributed by atoms with van der Waals surface area (Å²) in [6, 6.07) is 6.19. The first-order chi connectivity index (χ1) is 16.3. The Balaban J connectivity index is 1.73. The third-order valence-corrected chi connectivity index (χ3v) is 6.23. The normalized spacial score (nSPS) is 14.0. The highest BCUT2D eigenvalue weighted by atomic mass is 32.2. The first-order valence-electron chi connectivity index (χ1n) is 10.1.